The SMILES string of the molecule is O=S(=O)(c1cc(F)ccc1F)N1CCc2ncncc2C1. The van der Waals surface area contributed by atoms with Gasteiger partial charge in [0.25, 0.3) is 0 Å². The molecule has 0 amide bonds. The molecule has 0 fully saturated rings. The molecule has 8 heteroatoms. The first-order valence-corrected chi connectivity index (χ1v) is 7.65. The Morgan fingerprint density at radius 3 is 2.86 bits per heavy atom. The number of nitrogens with zero attached hydrogens (tertiary/aromatic N) is 3. The van der Waals surface area contributed by atoms with E-state index in [2.05, 4.69) is 9.97 Å². The molecule has 0 atom stereocenters. The zero-order valence-electron chi connectivity index (χ0n) is 10.8. The summed E-state index contributed by atoms with van der Waals surface area (Å²) in [6.07, 6.45) is 3.34. The number of hydrogen-bond donors (Lipinski definition) is 0. The van der Waals surface area contributed by atoms with Crippen LogP contribution in [0.4, 0.5) is 8.78 Å². The summed E-state index contributed by atoms with van der Waals surface area (Å²) in [5.41, 5.74) is 1.44. The second kappa shape index (κ2) is 5.12. The van der Waals surface area contributed by atoms with E-state index in [9.17, 15) is 17.2 Å². The molecule has 0 unspecified atom stereocenters. The van der Waals surface area contributed by atoms with E-state index >= 15 is 0 Å². The number of sulfonamides is 1. The van der Waals surface area contributed by atoms with Crippen LogP contribution >= 0.6 is 0 Å². The fourth-order valence-corrected chi connectivity index (χ4v) is 3.75. The highest BCUT2D eigenvalue weighted by Crippen LogP contribution is 2.25. The summed E-state index contributed by atoms with van der Waals surface area (Å²) >= 11 is 0. The summed E-state index contributed by atoms with van der Waals surface area (Å²) < 4.78 is 52.9. The lowest BCUT2D eigenvalue weighted by Gasteiger charge is -2.27. The van der Waals surface area contributed by atoms with Crippen LogP contribution in [0.25, 0.3) is 0 Å². The van der Waals surface area contributed by atoms with Gasteiger partial charge in [-0.05, 0) is 18.2 Å². The second-order valence-electron chi connectivity index (χ2n) is 4.66. The minimum absolute atomic E-state index is 0.0501. The summed E-state index contributed by atoms with van der Waals surface area (Å²) in [7, 11) is -4.10. The van der Waals surface area contributed by atoms with E-state index in [0.717, 1.165) is 22.1 Å². The molecule has 2 aromatic rings. The average Bonchev–Trinajstić information content (AvgIpc) is 2.49. The fourth-order valence-electron chi connectivity index (χ4n) is 2.26. The van der Waals surface area contributed by atoms with Gasteiger partial charge in [-0.2, -0.15) is 4.31 Å². The molecule has 2 heterocycles. The predicted molar refractivity (Wildman–Crippen MR) is 69.7 cm³/mol. The van der Waals surface area contributed by atoms with Crippen LogP contribution in [0, 0.1) is 11.6 Å². The normalized spacial score (nSPS) is 15.7. The summed E-state index contributed by atoms with van der Waals surface area (Å²) in [6, 6.07) is 2.39. The molecule has 1 aliphatic rings. The minimum Gasteiger partial charge on any atom is -0.244 e. The van der Waals surface area contributed by atoms with Gasteiger partial charge in [0.15, 0.2) is 0 Å². The lowest BCUT2D eigenvalue weighted by Crippen LogP contribution is -2.36. The van der Waals surface area contributed by atoms with Gasteiger partial charge in [-0.25, -0.2) is 27.2 Å². The zero-order valence-corrected chi connectivity index (χ0v) is 11.6. The fraction of sp³-hybridized carbons (Fsp3) is 0.231. The summed E-state index contributed by atoms with van der Waals surface area (Å²) in [5.74, 6) is -1.76. The van der Waals surface area contributed by atoms with Gasteiger partial charge in [0.2, 0.25) is 10.0 Å². The lowest BCUT2D eigenvalue weighted by molar-refractivity contribution is 0.383. The number of hydrogen-bond acceptors (Lipinski definition) is 4. The van der Waals surface area contributed by atoms with Crippen LogP contribution in [0.3, 0.4) is 0 Å². The third kappa shape index (κ3) is 2.52. The van der Waals surface area contributed by atoms with Crippen LogP contribution < -0.4 is 0 Å². The van der Waals surface area contributed by atoms with Gasteiger partial charge >= 0.3 is 0 Å². The van der Waals surface area contributed by atoms with Gasteiger partial charge in [-0.15, -0.1) is 0 Å². The number of benzene rings is 1. The molecular weight excluding hydrogens is 300 g/mol. The summed E-state index contributed by atoms with van der Waals surface area (Å²) in [6.45, 7) is 0.219. The Hall–Kier alpha value is -1.93. The maximum Gasteiger partial charge on any atom is 0.246 e. The first-order valence-electron chi connectivity index (χ1n) is 6.21. The Kier molecular flexibility index (Phi) is 3.42. The van der Waals surface area contributed by atoms with E-state index in [1.165, 1.54) is 12.5 Å². The third-order valence-corrected chi connectivity index (χ3v) is 5.20. The van der Waals surface area contributed by atoms with E-state index in [0.29, 0.717) is 18.1 Å². The van der Waals surface area contributed by atoms with Crippen LogP contribution in [0.1, 0.15) is 11.3 Å². The molecule has 1 aromatic carbocycles. The monoisotopic (exact) mass is 311 g/mol. The summed E-state index contributed by atoms with van der Waals surface area (Å²) in [4.78, 5) is 7.28. The number of aromatic nitrogens is 2. The molecule has 0 aliphatic carbocycles. The van der Waals surface area contributed by atoms with Crippen molar-refractivity contribution in [3.05, 3.63) is 53.6 Å². The molecule has 0 bridgehead atoms. The quantitative estimate of drug-likeness (QED) is 0.843. The average molecular weight is 311 g/mol. The maximum absolute atomic E-state index is 13.7. The Labute approximate surface area is 120 Å². The van der Waals surface area contributed by atoms with Crippen LogP contribution in [-0.4, -0.2) is 29.2 Å². The Balaban J connectivity index is 1.99. The molecule has 110 valence electrons. The van der Waals surface area contributed by atoms with Crippen LogP contribution in [0.5, 0.6) is 0 Å². The van der Waals surface area contributed by atoms with E-state index in [-0.39, 0.29) is 13.1 Å². The topological polar surface area (TPSA) is 63.2 Å². The zero-order chi connectivity index (χ0) is 15.0. The van der Waals surface area contributed by atoms with Gasteiger partial charge in [0.1, 0.15) is 22.9 Å². The number of rotatable bonds is 2. The van der Waals surface area contributed by atoms with Crippen LogP contribution in [0.15, 0.2) is 35.6 Å². The van der Waals surface area contributed by atoms with Gasteiger partial charge in [-0.3, -0.25) is 0 Å². The molecule has 0 spiro atoms. The molecule has 3 rings (SSSR count). The summed E-state index contributed by atoms with van der Waals surface area (Å²) in [5, 5.41) is 0. The predicted octanol–water partition coefficient (Wildman–Crippen LogP) is 1.50. The molecular formula is C13H11F2N3O2S. The number of fused-ring (bicyclic) bond motifs is 1. The lowest BCUT2D eigenvalue weighted by atomic mass is 10.1. The van der Waals surface area contributed by atoms with Crippen molar-refractivity contribution in [1.29, 1.82) is 0 Å². The molecule has 1 aliphatic heterocycles. The minimum atomic E-state index is -4.10. The first-order chi connectivity index (χ1) is 9.98. The van der Waals surface area contributed by atoms with E-state index in [4.69, 9.17) is 0 Å². The Morgan fingerprint density at radius 2 is 2.05 bits per heavy atom. The molecule has 21 heavy (non-hydrogen) atoms. The second-order valence-corrected chi connectivity index (χ2v) is 6.56. The molecule has 5 nitrogen and oxygen atoms in total. The van der Waals surface area contributed by atoms with Crippen molar-refractivity contribution in [3.8, 4) is 0 Å². The van der Waals surface area contributed by atoms with Gasteiger partial charge in [-0.1, -0.05) is 0 Å². The van der Waals surface area contributed by atoms with Crippen LogP contribution in [-0.2, 0) is 23.0 Å². The highest BCUT2D eigenvalue weighted by atomic mass is 32.2. The van der Waals surface area contributed by atoms with Crippen molar-refractivity contribution in [3.63, 3.8) is 0 Å². The molecule has 0 radical (unpaired) electrons. The van der Waals surface area contributed by atoms with Crippen molar-refractivity contribution in [2.45, 2.75) is 17.9 Å². The molecule has 0 N–H and O–H groups in total. The first kappa shape index (κ1) is 14.0. The highest BCUT2D eigenvalue weighted by molar-refractivity contribution is 7.89. The van der Waals surface area contributed by atoms with Crippen LogP contribution in [0.2, 0.25) is 0 Å². The Morgan fingerprint density at radius 1 is 1.24 bits per heavy atom. The molecule has 0 saturated carbocycles. The maximum atomic E-state index is 13.7. The van der Waals surface area contributed by atoms with E-state index in [1.807, 2.05) is 0 Å². The van der Waals surface area contributed by atoms with Gasteiger partial charge < -0.3 is 0 Å². The molecule has 1 aromatic heterocycles. The van der Waals surface area contributed by atoms with Crippen molar-refractivity contribution in [2.24, 2.45) is 0 Å². The van der Waals surface area contributed by atoms with Crippen molar-refractivity contribution in [1.82, 2.24) is 14.3 Å². The van der Waals surface area contributed by atoms with Gasteiger partial charge in [0.05, 0.1) is 0 Å². The smallest absolute Gasteiger partial charge is 0.244 e. The Bertz CT molecular complexity index is 796. The van der Waals surface area contributed by atoms with E-state index < -0.39 is 26.6 Å². The number of halogens is 2. The van der Waals surface area contributed by atoms with Gasteiger partial charge in [0, 0.05) is 37.0 Å². The standard InChI is InChI=1S/C13H11F2N3O2S/c14-10-1-2-11(15)13(5-10)21(19,20)18-4-3-12-9(7-18)6-16-8-17-12/h1-2,5-6,8H,3-4,7H2. The third-order valence-electron chi connectivity index (χ3n) is 3.34. The largest absolute Gasteiger partial charge is 0.246 e. The van der Waals surface area contributed by atoms with Crippen molar-refractivity contribution >= 4 is 10.0 Å². The highest BCUT2D eigenvalue weighted by Gasteiger charge is 2.31. The van der Waals surface area contributed by atoms with E-state index in [1.54, 1.807) is 0 Å². The molecule has 0 saturated heterocycles. The van der Waals surface area contributed by atoms with Crippen molar-refractivity contribution < 1.29 is 17.2 Å². The van der Waals surface area contributed by atoms with Crippen molar-refractivity contribution in [2.75, 3.05) is 6.54 Å².